The summed E-state index contributed by atoms with van der Waals surface area (Å²) in [7, 11) is 1.95. The molecule has 1 heterocycles. The molecule has 4 nitrogen and oxygen atoms in total. The largest absolute Gasteiger partial charge is 0.359 e. The van der Waals surface area contributed by atoms with Gasteiger partial charge in [-0.05, 0) is 6.92 Å². The molecule has 0 aliphatic heterocycles. The predicted molar refractivity (Wildman–Crippen MR) is 64.4 cm³/mol. The SMILES string of the molecule is Cc1cc(N(C)CCC#N)nc(C(C)C)n1. The van der Waals surface area contributed by atoms with Gasteiger partial charge in [0, 0.05) is 31.3 Å². The molecule has 0 fully saturated rings. The molecule has 0 saturated heterocycles. The van der Waals surface area contributed by atoms with Gasteiger partial charge < -0.3 is 4.90 Å². The lowest BCUT2D eigenvalue weighted by Crippen LogP contribution is -2.20. The molecule has 4 heteroatoms. The van der Waals surface area contributed by atoms with Crippen LogP contribution in [0.2, 0.25) is 0 Å². The molecule has 16 heavy (non-hydrogen) atoms. The Balaban J connectivity index is 2.92. The van der Waals surface area contributed by atoms with E-state index in [1.807, 2.05) is 24.9 Å². The zero-order chi connectivity index (χ0) is 12.1. The number of hydrogen-bond acceptors (Lipinski definition) is 4. The van der Waals surface area contributed by atoms with E-state index in [1.54, 1.807) is 0 Å². The summed E-state index contributed by atoms with van der Waals surface area (Å²) in [5.74, 6) is 2.08. The highest BCUT2D eigenvalue weighted by atomic mass is 15.2. The lowest BCUT2D eigenvalue weighted by atomic mass is 10.2. The quantitative estimate of drug-likeness (QED) is 0.777. The minimum atomic E-state index is 0.322. The van der Waals surface area contributed by atoms with E-state index in [2.05, 4.69) is 29.9 Å². The molecule has 1 aromatic rings. The Kier molecular flexibility index (Phi) is 4.24. The molecule has 0 aromatic carbocycles. The van der Waals surface area contributed by atoms with Crippen LogP contribution < -0.4 is 4.90 Å². The number of nitrogens with zero attached hydrogens (tertiary/aromatic N) is 4. The second kappa shape index (κ2) is 5.45. The molecule has 0 N–H and O–H groups in total. The fourth-order valence-corrected chi connectivity index (χ4v) is 1.36. The summed E-state index contributed by atoms with van der Waals surface area (Å²) >= 11 is 0. The highest BCUT2D eigenvalue weighted by molar-refractivity contribution is 5.39. The van der Waals surface area contributed by atoms with Crippen molar-refractivity contribution in [1.82, 2.24) is 9.97 Å². The van der Waals surface area contributed by atoms with Gasteiger partial charge in [0.05, 0.1) is 12.5 Å². The summed E-state index contributed by atoms with van der Waals surface area (Å²) in [6.45, 7) is 6.82. The van der Waals surface area contributed by atoms with Gasteiger partial charge >= 0.3 is 0 Å². The third-order valence-electron chi connectivity index (χ3n) is 2.32. The summed E-state index contributed by atoms with van der Waals surface area (Å²) in [4.78, 5) is 10.9. The van der Waals surface area contributed by atoms with E-state index in [1.165, 1.54) is 0 Å². The Labute approximate surface area is 96.9 Å². The fraction of sp³-hybridized carbons (Fsp3) is 0.583. The van der Waals surface area contributed by atoms with Gasteiger partial charge in [-0.1, -0.05) is 13.8 Å². The van der Waals surface area contributed by atoms with Gasteiger partial charge in [0.15, 0.2) is 0 Å². The first-order valence-electron chi connectivity index (χ1n) is 5.48. The highest BCUT2D eigenvalue weighted by Gasteiger charge is 2.08. The van der Waals surface area contributed by atoms with Crippen LogP contribution in [0.25, 0.3) is 0 Å². The molecular weight excluding hydrogens is 200 g/mol. The second-order valence-corrected chi connectivity index (χ2v) is 4.21. The first-order valence-corrected chi connectivity index (χ1v) is 5.48. The Morgan fingerprint density at radius 3 is 2.69 bits per heavy atom. The predicted octanol–water partition coefficient (Wildman–Crippen LogP) is 2.26. The summed E-state index contributed by atoms with van der Waals surface area (Å²) in [5, 5.41) is 8.55. The molecule has 0 aliphatic rings. The number of anilines is 1. The van der Waals surface area contributed by atoms with E-state index in [0.29, 0.717) is 18.9 Å². The first kappa shape index (κ1) is 12.4. The van der Waals surface area contributed by atoms with Crippen LogP contribution in [-0.4, -0.2) is 23.6 Å². The van der Waals surface area contributed by atoms with Crippen LogP contribution >= 0.6 is 0 Å². The Hall–Kier alpha value is -1.63. The van der Waals surface area contributed by atoms with Gasteiger partial charge in [0.25, 0.3) is 0 Å². The molecule has 0 radical (unpaired) electrons. The Bertz CT molecular complexity index is 392. The summed E-state index contributed by atoms with van der Waals surface area (Å²) < 4.78 is 0. The molecule has 0 spiro atoms. The van der Waals surface area contributed by atoms with Crippen molar-refractivity contribution in [3.05, 3.63) is 17.6 Å². The smallest absolute Gasteiger partial charge is 0.133 e. The topological polar surface area (TPSA) is 52.8 Å². The van der Waals surface area contributed by atoms with Gasteiger partial charge in [-0.15, -0.1) is 0 Å². The van der Waals surface area contributed by atoms with E-state index in [4.69, 9.17) is 5.26 Å². The van der Waals surface area contributed by atoms with Crippen LogP contribution in [0.5, 0.6) is 0 Å². The summed E-state index contributed by atoms with van der Waals surface area (Å²) in [6.07, 6.45) is 0.510. The monoisotopic (exact) mass is 218 g/mol. The minimum Gasteiger partial charge on any atom is -0.359 e. The van der Waals surface area contributed by atoms with E-state index >= 15 is 0 Å². The number of rotatable bonds is 4. The summed E-state index contributed by atoms with van der Waals surface area (Å²) in [5.41, 5.74) is 0.970. The average molecular weight is 218 g/mol. The van der Waals surface area contributed by atoms with Crippen LogP contribution in [0.3, 0.4) is 0 Å². The van der Waals surface area contributed by atoms with Crippen molar-refractivity contribution in [3.63, 3.8) is 0 Å². The zero-order valence-corrected chi connectivity index (χ0v) is 10.4. The van der Waals surface area contributed by atoms with Crippen LogP contribution in [0.4, 0.5) is 5.82 Å². The van der Waals surface area contributed by atoms with E-state index in [0.717, 1.165) is 17.3 Å². The van der Waals surface area contributed by atoms with Crippen molar-refractivity contribution in [2.24, 2.45) is 0 Å². The molecule has 1 aromatic heterocycles. The maximum Gasteiger partial charge on any atom is 0.133 e. The van der Waals surface area contributed by atoms with E-state index < -0.39 is 0 Å². The van der Waals surface area contributed by atoms with Gasteiger partial charge in [0.1, 0.15) is 11.6 Å². The van der Waals surface area contributed by atoms with Crippen molar-refractivity contribution >= 4 is 5.82 Å². The molecule has 0 atom stereocenters. The maximum atomic E-state index is 8.55. The van der Waals surface area contributed by atoms with Crippen molar-refractivity contribution < 1.29 is 0 Å². The van der Waals surface area contributed by atoms with E-state index in [9.17, 15) is 0 Å². The van der Waals surface area contributed by atoms with Crippen molar-refractivity contribution in [2.45, 2.75) is 33.1 Å². The minimum absolute atomic E-state index is 0.322. The van der Waals surface area contributed by atoms with E-state index in [-0.39, 0.29) is 0 Å². The van der Waals surface area contributed by atoms with Gasteiger partial charge in [-0.25, -0.2) is 9.97 Å². The number of aromatic nitrogens is 2. The zero-order valence-electron chi connectivity index (χ0n) is 10.4. The molecule has 0 aliphatic carbocycles. The van der Waals surface area contributed by atoms with Crippen molar-refractivity contribution in [1.29, 1.82) is 5.26 Å². The first-order chi connectivity index (χ1) is 7.54. The molecule has 0 amide bonds. The Morgan fingerprint density at radius 2 is 2.12 bits per heavy atom. The third kappa shape index (κ3) is 3.20. The number of nitriles is 1. The standard InChI is InChI=1S/C12H18N4/c1-9(2)12-14-10(3)8-11(15-12)16(4)7-5-6-13/h8-9H,5,7H2,1-4H3. The lowest BCUT2D eigenvalue weighted by molar-refractivity contribution is 0.755. The summed E-state index contributed by atoms with van der Waals surface area (Å²) in [6, 6.07) is 4.08. The molecule has 0 saturated carbocycles. The van der Waals surface area contributed by atoms with Gasteiger partial charge in [-0.2, -0.15) is 5.26 Å². The third-order valence-corrected chi connectivity index (χ3v) is 2.32. The average Bonchev–Trinajstić information content (AvgIpc) is 2.24. The highest BCUT2D eigenvalue weighted by Crippen LogP contribution is 2.16. The molecule has 86 valence electrons. The van der Waals surface area contributed by atoms with Crippen molar-refractivity contribution in [3.8, 4) is 6.07 Å². The molecule has 0 unspecified atom stereocenters. The van der Waals surface area contributed by atoms with Crippen LogP contribution in [0.15, 0.2) is 6.07 Å². The normalized spacial score (nSPS) is 10.2. The number of aryl methyl sites for hydroxylation is 1. The number of hydrogen-bond donors (Lipinski definition) is 0. The lowest BCUT2D eigenvalue weighted by Gasteiger charge is -2.18. The fourth-order valence-electron chi connectivity index (χ4n) is 1.36. The Morgan fingerprint density at radius 1 is 1.44 bits per heavy atom. The van der Waals surface area contributed by atoms with Crippen LogP contribution in [0.1, 0.15) is 37.7 Å². The van der Waals surface area contributed by atoms with Crippen LogP contribution in [0, 0.1) is 18.3 Å². The molecular formula is C12H18N4. The molecule has 1 rings (SSSR count). The van der Waals surface area contributed by atoms with Gasteiger partial charge in [-0.3, -0.25) is 0 Å². The second-order valence-electron chi connectivity index (χ2n) is 4.21. The van der Waals surface area contributed by atoms with Crippen molar-refractivity contribution in [2.75, 3.05) is 18.5 Å². The van der Waals surface area contributed by atoms with Crippen LogP contribution in [-0.2, 0) is 0 Å². The maximum absolute atomic E-state index is 8.55. The molecule has 0 bridgehead atoms. The van der Waals surface area contributed by atoms with Gasteiger partial charge in [0.2, 0.25) is 0 Å².